The van der Waals surface area contributed by atoms with Crippen molar-refractivity contribution in [2.45, 2.75) is 38.3 Å². The normalized spacial score (nSPS) is 20.7. The van der Waals surface area contributed by atoms with Gasteiger partial charge in [-0.25, -0.2) is 8.42 Å². The van der Waals surface area contributed by atoms with Crippen LogP contribution < -0.4 is 4.90 Å². The van der Waals surface area contributed by atoms with Crippen LogP contribution in [0, 0.1) is 0 Å². The fraction of sp³-hybridized carbons (Fsp3) is 0.435. The Morgan fingerprint density at radius 3 is 2.66 bits per heavy atom. The van der Waals surface area contributed by atoms with Crippen LogP contribution in [0.15, 0.2) is 40.8 Å². The number of amides is 1. The third-order valence-electron chi connectivity index (χ3n) is 6.28. The van der Waals surface area contributed by atoms with E-state index in [2.05, 4.69) is 4.90 Å². The molecular weight excluding hydrogens is 468 g/mol. The predicted octanol–water partition coefficient (Wildman–Crippen LogP) is 4.97. The zero-order valence-electron chi connectivity index (χ0n) is 17.6. The van der Waals surface area contributed by atoms with Gasteiger partial charge in [-0.3, -0.25) is 4.79 Å². The van der Waals surface area contributed by atoms with Crippen molar-refractivity contribution >= 4 is 54.7 Å². The fourth-order valence-corrected chi connectivity index (χ4v) is 7.77. The van der Waals surface area contributed by atoms with Gasteiger partial charge in [0.1, 0.15) is 10.6 Å². The average Bonchev–Trinajstić information content (AvgIpc) is 3.50. The minimum absolute atomic E-state index is 0.0268. The summed E-state index contributed by atoms with van der Waals surface area (Å²) in [4.78, 5) is 18.0. The number of piperidine rings is 1. The van der Waals surface area contributed by atoms with E-state index in [1.165, 1.54) is 17.8 Å². The SMILES string of the molecule is O=C(c1sc2ccccc2c1Cl)N(Cc1ccc(N2CCCCC2)o1)C1CCS(=O)(=O)C1. The van der Waals surface area contributed by atoms with E-state index in [4.69, 9.17) is 16.0 Å². The van der Waals surface area contributed by atoms with Gasteiger partial charge >= 0.3 is 0 Å². The second kappa shape index (κ2) is 8.72. The number of carbonyl (C=O) groups is 1. The maximum atomic E-state index is 13.7. The Bertz CT molecular complexity index is 1240. The highest BCUT2D eigenvalue weighted by Crippen LogP contribution is 2.37. The van der Waals surface area contributed by atoms with E-state index in [0.717, 1.165) is 41.9 Å². The second-order valence-electron chi connectivity index (χ2n) is 8.52. The van der Waals surface area contributed by atoms with Crippen LogP contribution in [-0.2, 0) is 16.4 Å². The van der Waals surface area contributed by atoms with Crippen molar-refractivity contribution in [2.24, 2.45) is 0 Å². The quantitative estimate of drug-likeness (QED) is 0.503. The number of rotatable bonds is 5. The molecule has 0 spiro atoms. The number of hydrogen-bond donors (Lipinski definition) is 0. The Labute approximate surface area is 196 Å². The molecule has 0 N–H and O–H groups in total. The number of nitrogens with zero attached hydrogens (tertiary/aromatic N) is 2. The van der Waals surface area contributed by atoms with Crippen LogP contribution in [0.5, 0.6) is 0 Å². The molecule has 4 heterocycles. The first-order chi connectivity index (χ1) is 15.4. The van der Waals surface area contributed by atoms with E-state index in [1.54, 1.807) is 4.90 Å². The van der Waals surface area contributed by atoms with Crippen molar-refractivity contribution in [3.63, 3.8) is 0 Å². The molecule has 170 valence electrons. The van der Waals surface area contributed by atoms with Crippen LogP contribution in [-0.4, -0.2) is 49.9 Å². The molecule has 5 rings (SSSR count). The molecule has 1 aromatic carbocycles. The lowest BCUT2D eigenvalue weighted by Gasteiger charge is -2.28. The van der Waals surface area contributed by atoms with Crippen molar-refractivity contribution in [3.8, 4) is 0 Å². The summed E-state index contributed by atoms with van der Waals surface area (Å²) in [6.07, 6.45) is 3.95. The molecule has 2 aliphatic rings. The molecule has 0 bridgehead atoms. The summed E-state index contributed by atoms with van der Waals surface area (Å²) in [6, 6.07) is 11.1. The maximum Gasteiger partial charge on any atom is 0.266 e. The highest BCUT2D eigenvalue weighted by molar-refractivity contribution is 7.91. The molecule has 2 saturated heterocycles. The summed E-state index contributed by atoms with van der Waals surface area (Å²) in [5.41, 5.74) is 0. The summed E-state index contributed by atoms with van der Waals surface area (Å²) in [7, 11) is -3.16. The van der Waals surface area contributed by atoms with Crippen molar-refractivity contribution in [3.05, 3.63) is 52.1 Å². The Kier molecular flexibility index (Phi) is 5.94. The third kappa shape index (κ3) is 4.28. The maximum absolute atomic E-state index is 13.7. The van der Waals surface area contributed by atoms with Crippen LogP contribution in [0.25, 0.3) is 10.1 Å². The molecule has 2 aromatic heterocycles. The Morgan fingerprint density at radius 1 is 1.16 bits per heavy atom. The molecule has 0 radical (unpaired) electrons. The Balaban J connectivity index is 1.45. The van der Waals surface area contributed by atoms with Gasteiger partial charge < -0.3 is 14.2 Å². The summed E-state index contributed by atoms with van der Waals surface area (Å²) in [5, 5.41) is 1.27. The van der Waals surface area contributed by atoms with Gasteiger partial charge in [-0.05, 0) is 37.8 Å². The second-order valence-corrected chi connectivity index (χ2v) is 12.2. The van der Waals surface area contributed by atoms with Crippen LogP contribution in [0.3, 0.4) is 0 Å². The highest BCUT2D eigenvalue weighted by atomic mass is 35.5. The number of sulfone groups is 1. The van der Waals surface area contributed by atoms with Crippen molar-refractivity contribution in [1.29, 1.82) is 0 Å². The minimum atomic E-state index is -3.16. The number of furan rings is 1. The highest BCUT2D eigenvalue weighted by Gasteiger charge is 2.37. The van der Waals surface area contributed by atoms with Gasteiger partial charge in [0.2, 0.25) is 0 Å². The van der Waals surface area contributed by atoms with E-state index >= 15 is 0 Å². The molecule has 0 aliphatic carbocycles. The third-order valence-corrected chi connectivity index (χ3v) is 9.69. The van der Waals surface area contributed by atoms with Gasteiger partial charge in [0.15, 0.2) is 15.7 Å². The number of benzene rings is 1. The zero-order chi connectivity index (χ0) is 22.3. The standard InChI is InChI=1S/C23H25ClN2O4S2/c24-21-18-6-2-3-7-19(18)31-22(21)23(27)26(16-10-13-32(28,29)15-16)14-17-8-9-20(30-17)25-11-4-1-5-12-25/h2-3,6-9,16H,1,4-5,10-15H2. The summed E-state index contributed by atoms with van der Waals surface area (Å²) in [6.45, 7) is 2.15. The zero-order valence-corrected chi connectivity index (χ0v) is 20.0. The van der Waals surface area contributed by atoms with E-state index in [1.807, 2.05) is 36.4 Å². The van der Waals surface area contributed by atoms with E-state index in [-0.39, 0.29) is 24.0 Å². The predicted molar refractivity (Wildman–Crippen MR) is 129 cm³/mol. The van der Waals surface area contributed by atoms with Gasteiger partial charge in [-0.1, -0.05) is 29.8 Å². The summed E-state index contributed by atoms with van der Waals surface area (Å²) >= 11 is 7.93. The number of halogens is 1. The van der Waals surface area contributed by atoms with E-state index in [9.17, 15) is 13.2 Å². The molecule has 0 saturated carbocycles. The van der Waals surface area contributed by atoms with Gasteiger partial charge in [-0.15, -0.1) is 11.3 Å². The topological polar surface area (TPSA) is 70.8 Å². The molecule has 6 nitrogen and oxygen atoms in total. The smallest absolute Gasteiger partial charge is 0.266 e. The van der Waals surface area contributed by atoms with Crippen molar-refractivity contribution in [2.75, 3.05) is 29.5 Å². The lowest BCUT2D eigenvalue weighted by molar-refractivity contribution is 0.0671. The molecule has 2 fully saturated rings. The van der Waals surface area contributed by atoms with Crippen LogP contribution >= 0.6 is 22.9 Å². The summed E-state index contributed by atoms with van der Waals surface area (Å²) in [5.74, 6) is 1.29. The molecule has 2 aliphatic heterocycles. The molecule has 1 atom stereocenters. The lowest BCUT2D eigenvalue weighted by atomic mass is 10.1. The average molecular weight is 493 g/mol. The van der Waals surface area contributed by atoms with Gasteiger partial charge in [-0.2, -0.15) is 0 Å². The Hall–Kier alpha value is -2.03. The molecular formula is C23H25ClN2O4S2. The molecule has 32 heavy (non-hydrogen) atoms. The minimum Gasteiger partial charge on any atom is -0.444 e. The largest absolute Gasteiger partial charge is 0.444 e. The van der Waals surface area contributed by atoms with Crippen LogP contribution in [0.4, 0.5) is 5.88 Å². The molecule has 3 aromatic rings. The molecule has 9 heteroatoms. The van der Waals surface area contributed by atoms with E-state index < -0.39 is 15.9 Å². The van der Waals surface area contributed by atoms with Crippen molar-refractivity contribution < 1.29 is 17.6 Å². The first-order valence-electron chi connectivity index (χ1n) is 10.9. The number of thiophene rings is 1. The van der Waals surface area contributed by atoms with Crippen LogP contribution in [0.2, 0.25) is 5.02 Å². The first-order valence-corrected chi connectivity index (χ1v) is 13.9. The van der Waals surface area contributed by atoms with E-state index in [0.29, 0.717) is 22.1 Å². The fourth-order valence-electron chi connectivity index (χ4n) is 4.57. The van der Waals surface area contributed by atoms with Gasteiger partial charge in [0.25, 0.3) is 5.91 Å². The van der Waals surface area contributed by atoms with Crippen LogP contribution in [0.1, 0.15) is 41.1 Å². The lowest BCUT2D eigenvalue weighted by Crippen LogP contribution is -2.40. The molecule has 1 amide bonds. The first kappa shape index (κ1) is 21.8. The molecule has 1 unspecified atom stereocenters. The van der Waals surface area contributed by atoms with Gasteiger partial charge in [0.05, 0.1) is 23.1 Å². The number of carbonyl (C=O) groups excluding carboxylic acids is 1. The Morgan fingerprint density at radius 2 is 1.94 bits per heavy atom. The number of fused-ring (bicyclic) bond motifs is 1. The van der Waals surface area contributed by atoms with Gasteiger partial charge in [0, 0.05) is 35.3 Å². The number of anilines is 1. The van der Waals surface area contributed by atoms with Crippen molar-refractivity contribution in [1.82, 2.24) is 4.90 Å². The monoisotopic (exact) mass is 492 g/mol. The number of hydrogen-bond acceptors (Lipinski definition) is 6. The summed E-state index contributed by atoms with van der Waals surface area (Å²) < 4.78 is 31.4.